The summed E-state index contributed by atoms with van der Waals surface area (Å²) in [6.45, 7) is 2.21. The van der Waals surface area contributed by atoms with Gasteiger partial charge in [0.1, 0.15) is 11.5 Å². The highest BCUT2D eigenvalue weighted by Gasteiger charge is 2.12. The zero-order chi connectivity index (χ0) is 16.8. The minimum Gasteiger partial charge on any atom is -0.494 e. The highest BCUT2D eigenvalue weighted by Crippen LogP contribution is 2.28. The van der Waals surface area contributed by atoms with Gasteiger partial charge in [0.25, 0.3) is 5.69 Å². The van der Waals surface area contributed by atoms with E-state index in [0.29, 0.717) is 17.9 Å². The smallest absolute Gasteiger partial charge is 0.271 e. The third-order valence-corrected chi connectivity index (χ3v) is 3.27. The number of rotatable bonds is 7. The molecule has 0 aromatic heterocycles. The van der Waals surface area contributed by atoms with E-state index in [1.807, 2.05) is 6.92 Å². The molecule has 0 bridgehead atoms. The monoisotopic (exact) mass is 335 g/mol. The fraction of sp³-hybridized carbons (Fsp3) is 0.188. The molecule has 6 nitrogen and oxygen atoms in total. The molecule has 23 heavy (non-hydrogen) atoms. The molecule has 0 unspecified atom stereocenters. The van der Waals surface area contributed by atoms with Crippen molar-refractivity contribution in [2.75, 3.05) is 13.2 Å². The van der Waals surface area contributed by atoms with Gasteiger partial charge in [-0.2, -0.15) is 0 Å². The van der Waals surface area contributed by atoms with Crippen molar-refractivity contribution in [1.82, 2.24) is 0 Å². The minimum atomic E-state index is -0.555. The molecule has 0 saturated carbocycles. The molecule has 0 aliphatic carbocycles. The van der Waals surface area contributed by atoms with E-state index in [2.05, 4.69) is 0 Å². The summed E-state index contributed by atoms with van der Waals surface area (Å²) in [6, 6.07) is 10.5. The SMILES string of the molecule is CCOc1ccc(C(=O)COc2ccc([N+](=O)[O-])cc2Cl)cc1. The van der Waals surface area contributed by atoms with Gasteiger partial charge in [-0.1, -0.05) is 11.6 Å². The number of hydrogen-bond acceptors (Lipinski definition) is 5. The number of ether oxygens (including phenoxy) is 2. The normalized spacial score (nSPS) is 10.2. The van der Waals surface area contributed by atoms with Crippen molar-refractivity contribution in [2.45, 2.75) is 6.92 Å². The lowest BCUT2D eigenvalue weighted by Crippen LogP contribution is -2.11. The van der Waals surface area contributed by atoms with Crippen LogP contribution < -0.4 is 9.47 Å². The quantitative estimate of drug-likeness (QED) is 0.435. The number of carbonyl (C=O) groups excluding carboxylic acids is 1. The van der Waals surface area contributed by atoms with Crippen LogP contribution in [0.15, 0.2) is 42.5 Å². The third-order valence-electron chi connectivity index (χ3n) is 2.97. The summed E-state index contributed by atoms with van der Waals surface area (Å²) in [5.74, 6) is 0.669. The largest absolute Gasteiger partial charge is 0.494 e. The maximum absolute atomic E-state index is 12.1. The van der Waals surface area contributed by atoms with Gasteiger partial charge in [-0.25, -0.2) is 0 Å². The Kier molecular flexibility index (Phi) is 5.54. The number of nitro benzene ring substituents is 1. The van der Waals surface area contributed by atoms with Crippen LogP contribution in [-0.4, -0.2) is 23.9 Å². The summed E-state index contributed by atoms with van der Waals surface area (Å²) < 4.78 is 10.6. The van der Waals surface area contributed by atoms with Crippen LogP contribution in [-0.2, 0) is 0 Å². The molecule has 0 spiro atoms. The van der Waals surface area contributed by atoms with Crippen molar-refractivity contribution in [3.63, 3.8) is 0 Å². The Morgan fingerprint density at radius 2 is 1.87 bits per heavy atom. The van der Waals surface area contributed by atoms with Crippen LogP contribution in [0.5, 0.6) is 11.5 Å². The number of Topliss-reactive ketones (excluding diaryl/α,β-unsaturated/α-hetero) is 1. The van der Waals surface area contributed by atoms with Crippen molar-refractivity contribution < 1.29 is 19.2 Å². The molecule has 0 radical (unpaired) electrons. The van der Waals surface area contributed by atoms with Crippen LogP contribution in [0.4, 0.5) is 5.69 Å². The molecule has 0 amide bonds. The topological polar surface area (TPSA) is 78.7 Å². The molecule has 0 aliphatic heterocycles. The Bertz CT molecular complexity index is 715. The minimum absolute atomic E-state index is 0.0821. The van der Waals surface area contributed by atoms with Crippen molar-refractivity contribution in [3.05, 3.63) is 63.2 Å². The van der Waals surface area contributed by atoms with E-state index in [9.17, 15) is 14.9 Å². The van der Waals surface area contributed by atoms with E-state index < -0.39 is 4.92 Å². The van der Waals surface area contributed by atoms with Gasteiger partial charge in [0.2, 0.25) is 0 Å². The predicted molar refractivity (Wildman–Crippen MR) is 85.5 cm³/mol. The summed E-state index contributed by atoms with van der Waals surface area (Å²) in [5, 5.41) is 10.7. The van der Waals surface area contributed by atoms with Crippen molar-refractivity contribution in [2.24, 2.45) is 0 Å². The van der Waals surface area contributed by atoms with E-state index in [4.69, 9.17) is 21.1 Å². The third kappa shape index (κ3) is 4.43. The summed E-state index contributed by atoms with van der Waals surface area (Å²) >= 11 is 5.90. The Hall–Kier alpha value is -2.60. The molecule has 0 aliphatic rings. The van der Waals surface area contributed by atoms with Crippen LogP contribution in [0.1, 0.15) is 17.3 Å². The van der Waals surface area contributed by atoms with E-state index >= 15 is 0 Å². The van der Waals surface area contributed by atoms with Crippen molar-refractivity contribution in [1.29, 1.82) is 0 Å². The summed E-state index contributed by atoms with van der Waals surface area (Å²) in [6.07, 6.45) is 0. The van der Waals surface area contributed by atoms with Gasteiger partial charge < -0.3 is 9.47 Å². The Balaban J connectivity index is 2.00. The van der Waals surface area contributed by atoms with Gasteiger partial charge in [-0.15, -0.1) is 0 Å². The van der Waals surface area contributed by atoms with Crippen LogP contribution in [0.25, 0.3) is 0 Å². The highest BCUT2D eigenvalue weighted by molar-refractivity contribution is 6.32. The Morgan fingerprint density at radius 3 is 2.43 bits per heavy atom. The van der Waals surface area contributed by atoms with Gasteiger partial charge in [0.05, 0.1) is 16.6 Å². The predicted octanol–water partition coefficient (Wildman–Crippen LogP) is 3.91. The first kappa shape index (κ1) is 16.8. The zero-order valence-corrected chi connectivity index (χ0v) is 13.1. The maximum Gasteiger partial charge on any atom is 0.271 e. The number of nitro groups is 1. The molecule has 0 saturated heterocycles. The Labute approximate surface area is 137 Å². The molecular weight excluding hydrogens is 322 g/mol. The molecule has 120 valence electrons. The second-order valence-corrected chi connectivity index (χ2v) is 4.95. The molecule has 0 fully saturated rings. The zero-order valence-electron chi connectivity index (χ0n) is 12.3. The summed E-state index contributed by atoms with van der Waals surface area (Å²) in [7, 11) is 0. The van der Waals surface area contributed by atoms with E-state index in [1.165, 1.54) is 18.2 Å². The van der Waals surface area contributed by atoms with E-state index in [-0.39, 0.29) is 28.8 Å². The van der Waals surface area contributed by atoms with E-state index in [1.54, 1.807) is 24.3 Å². The number of non-ortho nitro benzene ring substituents is 1. The van der Waals surface area contributed by atoms with E-state index in [0.717, 1.165) is 0 Å². The summed E-state index contributed by atoms with van der Waals surface area (Å²) in [5.41, 5.74) is 0.340. The standard InChI is InChI=1S/C16H14ClNO5/c1-2-22-13-6-3-11(4-7-13)15(19)10-23-16-8-5-12(18(20)21)9-14(16)17/h3-9H,2,10H2,1H3. The van der Waals surface area contributed by atoms with Gasteiger partial charge in [-0.3, -0.25) is 14.9 Å². The lowest BCUT2D eigenvalue weighted by atomic mass is 10.1. The number of halogens is 1. The fourth-order valence-electron chi connectivity index (χ4n) is 1.85. The molecule has 2 rings (SSSR count). The maximum atomic E-state index is 12.1. The number of carbonyl (C=O) groups is 1. The lowest BCUT2D eigenvalue weighted by Gasteiger charge is -2.08. The van der Waals surface area contributed by atoms with Crippen LogP contribution >= 0.6 is 11.6 Å². The molecule has 7 heteroatoms. The second-order valence-electron chi connectivity index (χ2n) is 4.54. The van der Waals surface area contributed by atoms with Crippen molar-refractivity contribution >= 4 is 23.1 Å². The molecular formula is C16H14ClNO5. The Morgan fingerprint density at radius 1 is 1.17 bits per heavy atom. The number of benzene rings is 2. The molecule has 0 heterocycles. The second kappa shape index (κ2) is 7.60. The van der Waals surface area contributed by atoms with Gasteiger partial charge >= 0.3 is 0 Å². The van der Waals surface area contributed by atoms with Gasteiger partial charge in [0.15, 0.2) is 12.4 Å². The average molecular weight is 336 g/mol. The van der Waals surface area contributed by atoms with Crippen LogP contribution in [0.3, 0.4) is 0 Å². The number of nitrogens with zero attached hydrogens (tertiary/aromatic N) is 1. The first-order valence-electron chi connectivity index (χ1n) is 6.84. The lowest BCUT2D eigenvalue weighted by molar-refractivity contribution is -0.384. The van der Waals surface area contributed by atoms with Gasteiger partial charge in [0, 0.05) is 17.7 Å². The average Bonchev–Trinajstić information content (AvgIpc) is 2.54. The number of hydrogen-bond donors (Lipinski definition) is 0. The van der Waals surface area contributed by atoms with Crippen molar-refractivity contribution in [3.8, 4) is 11.5 Å². The van der Waals surface area contributed by atoms with Gasteiger partial charge in [-0.05, 0) is 37.3 Å². The fourth-order valence-corrected chi connectivity index (χ4v) is 2.08. The van der Waals surface area contributed by atoms with Crippen LogP contribution in [0, 0.1) is 10.1 Å². The first-order chi connectivity index (χ1) is 11.0. The molecule has 0 N–H and O–H groups in total. The number of ketones is 1. The highest BCUT2D eigenvalue weighted by atomic mass is 35.5. The summed E-state index contributed by atoms with van der Waals surface area (Å²) in [4.78, 5) is 22.1. The molecule has 2 aromatic rings. The first-order valence-corrected chi connectivity index (χ1v) is 7.22. The van der Waals surface area contributed by atoms with Crippen LogP contribution in [0.2, 0.25) is 5.02 Å². The molecule has 0 atom stereocenters. The molecule has 2 aromatic carbocycles.